The van der Waals surface area contributed by atoms with Gasteiger partial charge in [0.05, 0.1) is 6.26 Å². The lowest BCUT2D eigenvalue weighted by Gasteiger charge is -2.00. The van der Waals surface area contributed by atoms with Crippen LogP contribution in [-0.4, -0.2) is 10.1 Å². The number of hydrogen-bond donors (Lipinski definition) is 1. The first kappa shape index (κ1) is 11.5. The van der Waals surface area contributed by atoms with E-state index in [1.165, 1.54) is 0 Å². The van der Waals surface area contributed by atoms with Crippen molar-refractivity contribution in [3.8, 4) is 23.0 Å². The molecule has 0 aliphatic rings. The molecule has 3 rings (SSSR count). The van der Waals surface area contributed by atoms with Crippen LogP contribution in [0.5, 0.6) is 0 Å². The first-order valence-electron chi connectivity index (χ1n) is 5.90. The minimum absolute atomic E-state index is 0.451. The average Bonchev–Trinajstić information content (AvgIpc) is 3.01. The van der Waals surface area contributed by atoms with Crippen molar-refractivity contribution in [1.82, 2.24) is 10.1 Å². The van der Waals surface area contributed by atoms with Gasteiger partial charge in [0.1, 0.15) is 0 Å². The SMILES string of the molecule is Cc1cc(-c2nc(-c3occc3C)no2)ccc1N. The number of anilines is 1. The molecule has 5 nitrogen and oxygen atoms in total. The van der Waals surface area contributed by atoms with Crippen molar-refractivity contribution in [2.45, 2.75) is 13.8 Å². The molecule has 19 heavy (non-hydrogen) atoms. The van der Waals surface area contributed by atoms with Gasteiger partial charge >= 0.3 is 0 Å². The number of nitrogens with two attached hydrogens (primary N) is 1. The predicted molar refractivity (Wildman–Crippen MR) is 71.3 cm³/mol. The molecule has 1 aromatic carbocycles. The predicted octanol–water partition coefficient (Wildman–Crippen LogP) is 3.20. The molecule has 96 valence electrons. The van der Waals surface area contributed by atoms with Crippen LogP contribution < -0.4 is 5.73 Å². The van der Waals surface area contributed by atoms with Crippen LogP contribution in [0.15, 0.2) is 39.5 Å². The maximum atomic E-state index is 5.79. The molecule has 2 heterocycles. The van der Waals surface area contributed by atoms with Gasteiger partial charge in [0.15, 0.2) is 5.76 Å². The van der Waals surface area contributed by atoms with Crippen molar-refractivity contribution in [1.29, 1.82) is 0 Å². The lowest BCUT2D eigenvalue weighted by Crippen LogP contribution is -1.89. The molecule has 0 saturated carbocycles. The molecular weight excluding hydrogens is 242 g/mol. The number of furan rings is 1. The third-order valence-corrected chi connectivity index (χ3v) is 3.01. The van der Waals surface area contributed by atoms with E-state index >= 15 is 0 Å². The van der Waals surface area contributed by atoms with E-state index in [-0.39, 0.29) is 0 Å². The smallest absolute Gasteiger partial charge is 0.258 e. The van der Waals surface area contributed by atoms with E-state index in [1.807, 2.05) is 38.1 Å². The fraction of sp³-hybridized carbons (Fsp3) is 0.143. The molecule has 0 radical (unpaired) electrons. The lowest BCUT2D eigenvalue weighted by molar-refractivity contribution is 0.429. The van der Waals surface area contributed by atoms with Gasteiger partial charge in [-0.25, -0.2) is 0 Å². The van der Waals surface area contributed by atoms with E-state index in [2.05, 4.69) is 10.1 Å². The molecule has 0 saturated heterocycles. The number of nitrogens with zero attached hydrogens (tertiary/aromatic N) is 2. The largest absolute Gasteiger partial charge is 0.461 e. The monoisotopic (exact) mass is 255 g/mol. The Morgan fingerprint density at radius 3 is 2.63 bits per heavy atom. The van der Waals surface area contributed by atoms with Crippen LogP contribution in [0.4, 0.5) is 5.69 Å². The zero-order valence-corrected chi connectivity index (χ0v) is 10.7. The number of nitrogen functional groups attached to an aromatic ring is 1. The minimum atomic E-state index is 0.451. The molecule has 0 aliphatic carbocycles. The second kappa shape index (κ2) is 4.28. The Morgan fingerprint density at radius 2 is 1.95 bits per heavy atom. The summed E-state index contributed by atoms with van der Waals surface area (Å²) < 4.78 is 10.6. The standard InChI is InChI=1S/C14H13N3O2/c1-8-5-6-18-12(8)13-16-14(19-17-13)10-3-4-11(15)9(2)7-10/h3-7H,15H2,1-2H3. The molecule has 0 aliphatic heterocycles. The normalized spacial score (nSPS) is 10.8. The Labute approximate surface area is 110 Å². The summed E-state index contributed by atoms with van der Waals surface area (Å²) in [5.41, 5.74) is 9.32. The van der Waals surface area contributed by atoms with E-state index in [0.717, 1.165) is 22.4 Å². The second-order valence-corrected chi connectivity index (χ2v) is 4.43. The topological polar surface area (TPSA) is 78.1 Å². The molecule has 0 unspecified atom stereocenters. The summed E-state index contributed by atoms with van der Waals surface area (Å²) in [4.78, 5) is 4.34. The number of aryl methyl sites for hydroxylation is 2. The highest BCUT2D eigenvalue weighted by atomic mass is 16.5. The highest BCUT2D eigenvalue weighted by molar-refractivity contribution is 5.62. The van der Waals surface area contributed by atoms with Crippen LogP contribution in [0.1, 0.15) is 11.1 Å². The first-order chi connectivity index (χ1) is 9.15. The summed E-state index contributed by atoms with van der Waals surface area (Å²) in [7, 11) is 0. The van der Waals surface area contributed by atoms with Crippen molar-refractivity contribution < 1.29 is 8.94 Å². The van der Waals surface area contributed by atoms with Crippen LogP contribution in [0.25, 0.3) is 23.0 Å². The van der Waals surface area contributed by atoms with Crippen LogP contribution in [-0.2, 0) is 0 Å². The fourth-order valence-corrected chi connectivity index (χ4v) is 1.84. The van der Waals surface area contributed by atoms with Gasteiger partial charge in [-0.1, -0.05) is 5.16 Å². The Bertz CT molecular complexity index is 728. The Kier molecular flexibility index (Phi) is 2.59. The quantitative estimate of drug-likeness (QED) is 0.711. The van der Waals surface area contributed by atoms with E-state index in [4.69, 9.17) is 14.7 Å². The fourth-order valence-electron chi connectivity index (χ4n) is 1.84. The summed E-state index contributed by atoms with van der Waals surface area (Å²) in [6.07, 6.45) is 1.61. The Hall–Kier alpha value is -2.56. The molecule has 3 aromatic rings. The van der Waals surface area contributed by atoms with Gasteiger partial charge < -0.3 is 14.7 Å². The van der Waals surface area contributed by atoms with Gasteiger partial charge in [-0.3, -0.25) is 0 Å². The molecule has 2 N–H and O–H groups in total. The van der Waals surface area contributed by atoms with E-state index in [9.17, 15) is 0 Å². The molecule has 2 aromatic heterocycles. The van der Waals surface area contributed by atoms with Gasteiger partial charge in [0, 0.05) is 11.3 Å². The van der Waals surface area contributed by atoms with Gasteiger partial charge in [0.2, 0.25) is 5.82 Å². The van der Waals surface area contributed by atoms with Crippen LogP contribution in [0, 0.1) is 13.8 Å². The molecule has 0 fully saturated rings. The zero-order valence-electron chi connectivity index (χ0n) is 10.7. The molecular formula is C14H13N3O2. The van der Waals surface area contributed by atoms with Crippen molar-refractivity contribution in [2.24, 2.45) is 0 Å². The van der Waals surface area contributed by atoms with E-state index < -0.39 is 0 Å². The molecule has 0 spiro atoms. The lowest BCUT2D eigenvalue weighted by atomic mass is 10.1. The van der Waals surface area contributed by atoms with Crippen molar-refractivity contribution >= 4 is 5.69 Å². The third kappa shape index (κ3) is 1.99. The van der Waals surface area contributed by atoms with Gasteiger partial charge in [-0.2, -0.15) is 4.98 Å². The van der Waals surface area contributed by atoms with Crippen LogP contribution in [0.2, 0.25) is 0 Å². The summed E-state index contributed by atoms with van der Waals surface area (Å²) in [6, 6.07) is 7.46. The van der Waals surface area contributed by atoms with Crippen LogP contribution >= 0.6 is 0 Å². The maximum absolute atomic E-state index is 5.79. The second-order valence-electron chi connectivity index (χ2n) is 4.43. The molecule has 5 heteroatoms. The summed E-state index contributed by atoms with van der Waals surface area (Å²) in [5.74, 6) is 1.53. The van der Waals surface area contributed by atoms with Gasteiger partial charge in [-0.15, -0.1) is 0 Å². The summed E-state index contributed by atoms with van der Waals surface area (Å²) in [5, 5.41) is 3.94. The van der Waals surface area contributed by atoms with Gasteiger partial charge in [0.25, 0.3) is 5.89 Å². The summed E-state index contributed by atoms with van der Waals surface area (Å²) in [6.45, 7) is 3.87. The summed E-state index contributed by atoms with van der Waals surface area (Å²) >= 11 is 0. The number of rotatable bonds is 2. The third-order valence-electron chi connectivity index (χ3n) is 3.01. The Balaban J connectivity index is 2.01. The molecule has 0 amide bonds. The zero-order chi connectivity index (χ0) is 13.4. The highest BCUT2D eigenvalue weighted by Crippen LogP contribution is 2.26. The van der Waals surface area contributed by atoms with Crippen LogP contribution in [0.3, 0.4) is 0 Å². The highest BCUT2D eigenvalue weighted by Gasteiger charge is 2.15. The molecule has 0 atom stereocenters. The maximum Gasteiger partial charge on any atom is 0.258 e. The van der Waals surface area contributed by atoms with E-state index in [1.54, 1.807) is 6.26 Å². The average molecular weight is 255 g/mol. The van der Waals surface area contributed by atoms with Gasteiger partial charge in [-0.05, 0) is 49.2 Å². The number of hydrogen-bond acceptors (Lipinski definition) is 5. The Morgan fingerprint density at radius 1 is 1.11 bits per heavy atom. The number of aromatic nitrogens is 2. The van der Waals surface area contributed by atoms with E-state index in [0.29, 0.717) is 17.5 Å². The van der Waals surface area contributed by atoms with Crippen molar-refractivity contribution in [2.75, 3.05) is 5.73 Å². The minimum Gasteiger partial charge on any atom is -0.461 e. The van der Waals surface area contributed by atoms with Crippen molar-refractivity contribution in [3.05, 3.63) is 41.7 Å². The number of benzene rings is 1. The van der Waals surface area contributed by atoms with Crippen molar-refractivity contribution in [3.63, 3.8) is 0 Å². The molecule has 0 bridgehead atoms. The first-order valence-corrected chi connectivity index (χ1v) is 5.90.